The first kappa shape index (κ1) is 18.7. The maximum absolute atomic E-state index is 12.5. The van der Waals surface area contributed by atoms with E-state index < -0.39 is 11.9 Å². The molecule has 2 aromatic carbocycles. The third kappa shape index (κ3) is 3.88. The Hall–Kier alpha value is -2.66. The van der Waals surface area contributed by atoms with Gasteiger partial charge in [-0.05, 0) is 50.1 Å². The van der Waals surface area contributed by atoms with Gasteiger partial charge in [-0.25, -0.2) is 4.79 Å². The number of nitrogens with one attached hydrogen (secondary N) is 1. The monoisotopic (exact) mass is 359 g/mol. The van der Waals surface area contributed by atoms with Gasteiger partial charge in [-0.15, -0.1) is 0 Å². The van der Waals surface area contributed by atoms with Crippen LogP contribution in [0.4, 0.5) is 5.69 Å². The molecule has 0 aliphatic rings. The number of hydrogen-bond acceptors (Lipinski definition) is 4. The Morgan fingerprint density at radius 3 is 2.52 bits per heavy atom. The van der Waals surface area contributed by atoms with Crippen LogP contribution < -0.4 is 5.32 Å². The van der Waals surface area contributed by atoms with E-state index in [1.807, 2.05) is 0 Å². The molecule has 0 fully saturated rings. The average Bonchev–Trinajstić information content (AvgIpc) is 2.57. The second-order valence-corrected chi connectivity index (χ2v) is 5.84. The van der Waals surface area contributed by atoms with Crippen molar-refractivity contribution in [3.05, 3.63) is 63.2 Å². The van der Waals surface area contributed by atoms with E-state index in [9.17, 15) is 14.4 Å². The fourth-order valence-corrected chi connectivity index (χ4v) is 2.84. The van der Waals surface area contributed by atoms with E-state index in [0.29, 0.717) is 28.0 Å². The van der Waals surface area contributed by atoms with Crippen LogP contribution in [0.25, 0.3) is 0 Å². The van der Waals surface area contributed by atoms with Crippen LogP contribution in [0, 0.1) is 13.8 Å². The van der Waals surface area contributed by atoms with Gasteiger partial charge in [0.15, 0.2) is 6.29 Å². The number of carbonyl (C=O) groups excluding carboxylic acids is 3. The van der Waals surface area contributed by atoms with Crippen LogP contribution in [-0.4, -0.2) is 24.8 Å². The van der Waals surface area contributed by atoms with Gasteiger partial charge in [0.05, 0.1) is 28.4 Å². The first-order valence-corrected chi connectivity index (χ1v) is 8.10. The number of ether oxygens (including phenoxy) is 1. The summed E-state index contributed by atoms with van der Waals surface area (Å²) in [6.45, 7) is 5.32. The summed E-state index contributed by atoms with van der Waals surface area (Å²) in [5, 5.41) is 2.98. The molecule has 0 saturated carbocycles. The Labute approximate surface area is 150 Å². The van der Waals surface area contributed by atoms with Gasteiger partial charge in [-0.2, -0.15) is 0 Å². The van der Waals surface area contributed by atoms with Crippen molar-refractivity contribution in [1.82, 2.24) is 0 Å². The predicted molar refractivity (Wildman–Crippen MR) is 96.7 cm³/mol. The van der Waals surface area contributed by atoms with Crippen LogP contribution in [0.3, 0.4) is 0 Å². The number of esters is 1. The topological polar surface area (TPSA) is 72.5 Å². The van der Waals surface area contributed by atoms with Crippen molar-refractivity contribution in [3.8, 4) is 0 Å². The summed E-state index contributed by atoms with van der Waals surface area (Å²) in [7, 11) is 0. The number of anilines is 1. The molecule has 1 amide bonds. The van der Waals surface area contributed by atoms with Crippen LogP contribution in [0.1, 0.15) is 49.1 Å². The highest BCUT2D eigenvalue weighted by atomic mass is 35.5. The zero-order valence-corrected chi connectivity index (χ0v) is 14.9. The lowest BCUT2D eigenvalue weighted by molar-refractivity contribution is 0.0524. The molecule has 0 aliphatic heterocycles. The number of hydrogen-bond donors (Lipinski definition) is 1. The van der Waals surface area contributed by atoms with Crippen LogP contribution >= 0.6 is 11.6 Å². The number of rotatable bonds is 5. The molecule has 1 N–H and O–H groups in total. The Kier molecular flexibility index (Phi) is 5.93. The highest BCUT2D eigenvalue weighted by Gasteiger charge is 2.21. The zero-order chi connectivity index (χ0) is 18.6. The SMILES string of the molecule is CCOC(=O)c1c(C)cc(C=O)c(NC(=O)c2ccccc2Cl)c1C. The predicted octanol–water partition coefficient (Wildman–Crippen LogP) is 4.20. The number of amides is 1. The Morgan fingerprint density at radius 2 is 1.92 bits per heavy atom. The zero-order valence-electron chi connectivity index (χ0n) is 14.2. The van der Waals surface area contributed by atoms with Crippen LogP contribution in [0.15, 0.2) is 30.3 Å². The summed E-state index contributed by atoms with van der Waals surface area (Å²) >= 11 is 6.04. The fourth-order valence-electron chi connectivity index (χ4n) is 2.62. The lowest BCUT2D eigenvalue weighted by atomic mass is 9.96. The molecule has 6 heteroatoms. The largest absolute Gasteiger partial charge is 0.462 e. The van der Waals surface area contributed by atoms with Crippen LogP contribution in [-0.2, 0) is 4.74 Å². The molecule has 0 aromatic heterocycles. The van der Waals surface area contributed by atoms with E-state index in [-0.39, 0.29) is 23.4 Å². The summed E-state index contributed by atoms with van der Waals surface area (Å²) < 4.78 is 5.07. The normalized spacial score (nSPS) is 10.2. The van der Waals surface area contributed by atoms with Gasteiger partial charge in [-0.3, -0.25) is 9.59 Å². The van der Waals surface area contributed by atoms with Crippen molar-refractivity contribution >= 4 is 35.5 Å². The number of aldehydes is 1. The van der Waals surface area contributed by atoms with Crippen molar-refractivity contribution in [2.75, 3.05) is 11.9 Å². The van der Waals surface area contributed by atoms with Crippen molar-refractivity contribution < 1.29 is 19.1 Å². The van der Waals surface area contributed by atoms with Gasteiger partial charge < -0.3 is 10.1 Å². The van der Waals surface area contributed by atoms with Gasteiger partial charge in [0, 0.05) is 5.56 Å². The molecule has 0 unspecified atom stereocenters. The van der Waals surface area contributed by atoms with Crippen molar-refractivity contribution in [3.63, 3.8) is 0 Å². The quantitative estimate of drug-likeness (QED) is 0.641. The Morgan fingerprint density at radius 1 is 1.24 bits per heavy atom. The van der Waals surface area contributed by atoms with Gasteiger partial charge in [0.25, 0.3) is 5.91 Å². The summed E-state index contributed by atoms with van der Waals surface area (Å²) in [4.78, 5) is 36.2. The molecule has 0 aliphatic carbocycles. The van der Waals surface area contributed by atoms with E-state index in [0.717, 1.165) is 0 Å². The van der Waals surface area contributed by atoms with Gasteiger partial charge in [0.2, 0.25) is 0 Å². The minimum atomic E-state index is -0.497. The maximum Gasteiger partial charge on any atom is 0.338 e. The number of benzene rings is 2. The molecule has 0 radical (unpaired) electrons. The van der Waals surface area contributed by atoms with Gasteiger partial charge in [0.1, 0.15) is 0 Å². The molecule has 0 heterocycles. The minimum absolute atomic E-state index is 0.231. The van der Waals surface area contributed by atoms with Crippen molar-refractivity contribution in [2.45, 2.75) is 20.8 Å². The molecule has 2 aromatic rings. The second kappa shape index (κ2) is 7.94. The second-order valence-electron chi connectivity index (χ2n) is 5.43. The Bertz CT molecular complexity index is 846. The van der Waals surface area contributed by atoms with Crippen LogP contribution in [0.5, 0.6) is 0 Å². The fraction of sp³-hybridized carbons (Fsp3) is 0.211. The van der Waals surface area contributed by atoms with E-state index in [1.165, 1.54) is 0 Å². The molecule has 0 bridgehead atoms. The number of carbonyl (C=O) groups is 3. The number of halogens is 1. The minimum Gasteiger partial charge on any atom is -0.462 e. The van der Waals surface area contributed by atoms with E-state index in [1.54, 1.807) is 51.1 Å². The van der Waals surface area contributed by atoms with E-state index in [2.05, 4.69) is 5.32 Å². The summed E-state index contributed by atoms with van der Waals surface area (Å²) in [5.74, 6) is -0.960. The molecule has 2 rings (SSSR count). The third-order valence-electron chi connectivity index (χ3n) is 3.77. The highest BCUT2D eigenvalue weighted by Crippen LogP contribution is 2.28. The molecule has 0 spiro atoms. The first-order valence-electron chi connectivity index (χ1n) is 7.73. The molecule has 25 heavy (non-hydrogen) atoms. The van der Waals surface area contributed by atoms with E-state index >= 15 is 0 Å². The standard InChI is InChI=1S/C19H18ClNO4/c1-4-25-19(24)16-11(2)9-13(10-22)17(12(16)3)21-18(23)14-7-5-6-8-15(14)20/h5-10H,4H2,1-3H3,(H,21,23). The van der Waals surface area contributed by atoms with Gasteiger partial charge in [-0.1, -0.05) is 23.7 Å². The smallest absolute Gasteiger partial charge is 0.338 e. The van der Waals surface area contributed by atoms with Crippen molar-refractivity contribution in [1.29, 1.82) is 0 Å². The van der Waals surface area contributed by atoms with Crippen molar-refractivity contribution in [2.24, 2.45) is 0 Å². The first-order chi connectivity index (χ1) is 11.9. The lowest BCUT2D eigenvalue weighted by Gasteiger charge is -2.17. The average molecular weight is 360 g/mol. The molecular weight excluding hydrogens is 342 g/mol. The summed E-state index contributed by atoms with van der Waals surface area (Å²) in [6.07, 6.45) is 0.636. The van der Waals surface area contributed by atoms with Crippen LogP contribution in [0.2, 0.25) is 5.02 Å². The molecule has 0 atom stereocenters. The lowest BCUT2D eigenvalue weighted by Crippen LogP contribution is -2.18. The van der Waals surface area contributed by atoms with E-state index in [4.69, 9.17) is 16.3 Å². The summed E-state index contributed by atoms with van der Waals surface area (Å²) in [5.41, 5.74) is 2.24. The Balaban J connectivity index is 2.51. The summed E-state index contributed by atoms with van der Waals surface area (Å²) in [6, 6.07) is 8.13. The number of aryl methyl sites for hydroxylation is 1. The third-order valence-corrected chi connectivity index (χ3v) is 4.10. The molecule has 0 saturated heterocycles. The molecule has 130 valence electrons. The molecular formula is C19H18ClNO4. The highest BCUT2D eigenvalue weighted by molar-refractivity contribution is 6.34. The molecule has 5 nitrogen and oxygen atoms in total. The van der Waals surface area contributed by atoms with Gasteiger partial charge >= 0.3 is 5.97 Å². The maximum atomic E-state index is 12.5.